The van der Waals surface area contributed by atoms with E-state index >= 15 is 0 Å². The number of ether oxygens (including phenoxy) is 1. The number of amides is 2. The molecule has 5 nitrogen and oxygen atoms in total. The van der Waals surface area contributed by atoms with E-state index in [1.165, 1.54) is 4.90 Å². The van der Waals surface area contributed by atoms with Gasteiger partial charge in [0.05, 0.1) is 0 Å². The second kappa shape index (κ2) is 7.50. The molecule has 118 valence electrons. The summed E-state index contributed by atoms with van der Waals surface area (Å²) in [4.78, 5) is 24.9. The molecule has 2 atom stereocenters. The van der Waals surface area contributed by atoms with Gasteiger partial charge in [0.2, 0.25) is 5.91 Å². The Balaban J connectivity index is 4.30. The van der Waals surface area contributed by atoms with Gasteiger partial charge >= 0.3 is 6.09 Å². The van der Waals surface area contributed by atoms with Gasteiger partial charge in [0.15, 0.2) is 0 Å². The summed E-state index contributed by atoms with van der Waals surface area (Å²) in [7, 11) is 1.56. The molecule has 0 aliphatic rings. The standard InChI is InChI=1S/C15H30N2O3/c1-10(2)11(3)12(4)16-13(18)9-17(8)14(19)20-15(5,6)7/h10-12H,9H2,1-8H3,(H,16,18)/t11-,12+/m1/s1. The first-order valence-electron chi connectivity index (χ1n) is 7.17. The van der Waals surface area contributed by atoms with Gasteiger partial charge in [-0.2, -0.15) is 0 Å². The van der Waals surface area contributed by atoms with E-state index in [-0.39, 0.29) is 18.5 Å². The molecule has 0 aromatic rings. The van der Waals surface area contributed by atoms with E-state index < -0.39 is 11.7 Å². The molecule has 0 spiro atoms. The highest BCUT2D eigenvalue weighted by atomic mass is 16.6. The average Bonchev–Trinajstić information content (AvgIpc) is 2.24. The molecule has 1 N–H and O–H groups in total. The Morgan fingerprint density at radius 2 is 1.65 bits per heavy atom. The van der Waals surface area contributed by atoms with Crippen LogP contribution in [0.2, 0.25) is 0 Å². The molecule has 0 aliphatic heterocycles. The van der Waals surface area contributed by atoms with Crippen LogP contribution in [0.25, 0.3) is 0 Å². The van der Waals surface area contributed by atoms with Crippen LogP contribution >= 0.6 is 0 Å². The molecule has 0 aromatic heterocycles. The van der Waals surface area contributed by atoms with Crippen molar-refractivity contribution in [1.29, 1.82) is 0 Å². The third-order valence-corrected chi connectivity index (χ3v) is 3.31. The molecule has 20 heavy (non-hydrogen) atoms. The molecule has 0 rings (SSSR count). The zero-order valence-electron chi connectivity index (χ0n) is 14.1. The van der Waals surface area contributed by atoms with Crippen molar-refractivity contribution >= 4 is 12.0 Å². The van der Waals surface area contributed by atoms with Crippen LogP contribution in [0.15, 0.2) is 0 Å². The molecule has 0 fully saturated rings. The Hall–Kier alpha value is -1.26. The average molecular weight is 286 g/mol. The second-order valence-electron chi connectivity index (χ2n) is 6.80. The maximum Gasteiger partial charge on any atom is 0.410 e. The van der Waals surface area contributed by atoms with Gasteiger partial charge in [-0.15, -0.1) is 0 Å². The van der Waals surface area contributed by atoms with Gasteiger partial charge in [0.25, 0.3) is 0 Å². The zero-order valence-corrected chi connectivity index (χ0v) is 14.1. The number of hydrogen-bond donors (Lipinski definition) is 1. The highest BCUT2D eigenvalue weighted by molar-refractivity contribution is 5.82. The second-order valence-corrected chi connectivity index (χ2v) is 6.80. The Kier molecular flexibility index (Phi) is 7.03. The number of hydrogen-bond acceptors (Lipinski definition) is 3. The molecule has 5 heteroatoms. The van der Waals surface area contributed by atoms with Gasteiger partial charge < -0.3 is 15.0 Å². The van der Waals surface area contributed by atoms with Crippen molar-refractivity contribution in [1.82, 2.24) is 10.2 Å². The van der Waals surface area contributed by atoms with Crippen LogP contribution in [0.5, 0.6) is 0 Å². The fourth-order valence-corrected chi connectivity index (χ4v) is 1.63. The minimum Gasteiger partial charge on any atom is -0.444 e. The lowest BCUT2D eigenvalue weighted by atomic mass is 9.91. The minimum atomic E-state index is -0.554. The molecule has 0 aliphatic carbocycles. The van der Waals surface area contributed by atoms with Crippen molar-refractivity contribution in [3.63, 3.8) is 0 Å². The number of carbonyl (C=O) groups excluding carboxylic acids is 2. The van der Waals surface area contributed by atoms with Gasteiger partial charge in [-0.25, -0.2) is 4.79 Å². The lowest BCUT2D eigenvalue weighted by Crippen LogP contribution is -2.45. The molecule has 0 aromatic carbocycles. The molecule has 2 amide bonds. The quantitative estimate of drug-likeness (QED) is 0.845. The first-order valence-corrected chi connectivity index (χ1v) is 7.17. The molecule has 0 unspecified atom stereocenters. The summed E-state index contributed by atoms with van der Waals surface area (Å²) in [6, 6.07) is 0.0783. The summed E-state index contributed by atoms with van der Waals surface area (Å²) in [6.45, 7) is 13.7. The van der Waals surface area contributed by atoms with Crippen molar-refractivity contribution in [2.75, 3.05) is 13.6 Å². The van der Waals surface area contributed by atoms with E-state index in [2.05, 4.69) is 26.1 Å². The first kappa shape index (κ1) is 18.7. The van der Waals surface area contributed by atoms with Gasteiger partial charge in [-0.05, 0) is 39.5 Å². The number of nitrogens with one attached hydrogen (secondary N) is 1. The van der Waals surface area contributed by atoms with Crippen molar-refractivity contribution in [2.45, 2.75) is 60.1 Å². The highest BCUT2D eigenvalue weighted by Gasteiger charge is 2.23. The summed E-state index contributed by atoms with van der Waals surface area (Å²) in [5.74, 6) is 0.707. The van der Waals surface area contributed by atoms with E-state index in [1.807, 2.05) is 6.92 Å². The predicted molar refractivity (Wildman–Crippen MR) is 80.5 cm³/mol. The van der Waals surface area contributed by atoms with Crippen LogP contribution in [0, 0.1) is 11.8 Å². The monoisotopic (exact) mass is 286 g/mol. The van der Waals surface area contributed by atoms with Crippen LogP contribution in [0.4, 0.5) is 4.79 Å². The van der Waals surface area contributed by atoms with E-state index in [0.29, 0.717) is 11.8 Å². The molecule has 0 saturated carbocycles. The van der Waals surface area contributed by atoms with Gasteiger partial charge in [-0.1, -0.05) is 20.8 Å². The summed E-state index contributed by atoms with van der Waals surface area (Å²) in [5.41, 5.74) is -0.554. The molecular weight excluding hydrogens is 256 g/mol. The van der Waals surface area contributed by atoms with Crippen LogP contribution < -0.4 is 5.32 Å². The van der Waals surface area contributed by atoms with E-state index in [4.69, 9.17) is 4.74 Å². The molecular formula is C15H30N2O3. The van der Waals surface area contributed by atoms with Crippen molar-refractivity contribution in [2.24, 2.45) is 11.8 Å². The maximum atomic E-state index is 11.9. The molecule has 0 radical (unpaired) electrons. The van der Waals surface area contributed by atoms with Crippen LogP contribution in [-0.4, -0.2) is 42.1 Å². The topological polar surface area (TPSA) is 58.6 Å². The Morgan fingerprint density at radius 3 is 2.05 bits per heavy atom. The van der Waals surface area contributed by atoms with Crippen molar-refractivity contribution in [3.05, 3.63) is 0 Å². The maximum absolute atomic E-state index is 11.9. The SMILES string of the molecule is CC(C)[C@@H](C)[C@H](C)NC(=O)CN(C)C(=O)OC(C)(C)C. The van der Waals surface area contributed by atoms with E-state index in [1.54, 1.807) is 27.8 Å². The minimum absolute atomic E-state index is 0.00404. The fourth-order valence-electron chi connectivity index (χ4n) is 1.63. The fraction of sp³-hybridized carbons (Fsp3) is 0.867. The number of nitrogens with zero attached hydrogens (tertiary/aromatic N) is 1. The van der Waals surface area contributed by atoms with Crippen LogP contribution in [0.3, 0.4) is 0 Å². The Bertz CT molecular complexity index is 335. The number of likely N-dealkylation sites (N-methyl/N-ethyl adjacent to an activating group) is 1. The summed E-state index contributed by atoms with van der Waals surface area (Å²) >= 11 is 0. The number of carbonyl (C=O) groups is 2. The molecule has 0 heterocycles. The number of rotatable bonds is 5. The summed E-state index contributed by atoms with van der Waals surface area (Å²) < 4.78 is 5.20. The van der Waals surface area contributed by atoms with Crippen LogP contribution in [-0.2, 0) is 9.53 Å². The Labute approximate surface area is 123 Å². The van der Waals surface area contributed by atoms with Gasteiger partial charge in [0, 0.05) is 13.1 Å². The lowest BCUT2D eigenvalue weighted by Gasteiger charge is -2.27. The third kappa shape index (κ3) is 7.36. The summed E-state index contributed by atoms with van der Waals surface area (Å²) in [5, 5.41) is 2.92. The third-order valence-electron chi connectivity index (χ3n) is 3.31. The Morgan fingerprint density at radius 1 is 1.15 bits per heavy atom. The van der Waals surface area contributed by atoms with Gasteiger partial charge in [0.1, 0.15) is 12.1 Å². The smallest absolute Gasteiger partial charge is 0.410 e. The summed E-state index contributed by atoms with van der Waals surface area (Å²) in [6.07, 6.45) is -0.489. The van der Waals surface area contributed by atoms with E-state index in [0.717, 1.165) is 0 Å². The van der Waals surface area contributed by atoms with E-state index in [9.17, 15) is 9.59 Å². The predicted octanol–water partition coefficient (Wildman–Crippen LogP) is 2.65. The largest absolute Gasteiger partial charge is 0.444 e. The van der Waals surface area contributed by atoms with Gasteiger partial charge in [-0.3, -0.25) is 4.79 Å². The molecule has 0 bridgehead atoms. The highest BCUT2D eigenvalue weighted by Crippen LogP contribution is 2.14. The normalized spacial score (nSPS) is 14.7. The lowest BCUT2D eigenvalue weighted by molar-refractivity contribution is -0.123. The van der Waals surface area contributed by atoms with Crippen molar-refractivity contribution in [3.8, 4) is 0 Å². The molecule has 0 saturated heterocycles. The first-order chi connectivity index (χ1) is 8.94. The zero-order chi connectivity index (χ0) is 16.1. The van der Waals surface area contributed by atoms with Crippen molar-refractivity contribution < 1.29 is 14.3 Å². The van der Waals surface area contributed by atoms with Crippen LogP contribution in [0.1, 0.15) is 48.5 Å².